The van der Waals surface area contributed by atoms with E-state index in [1.165, 1.54) is 0 Å². The highest BCUT2D eigenvalue weighted by molar-refractivity contribution is 5.97. The van der Waals surface area contributed by atoms with Crippen molar-refractivity contribution in [2.24, 2.45) is 0 Å². The van der Waals surface area contributed by atoms with Gasteiger partial charge in [0, 0.05) is 37.5 Å². The molecule has 7 nitrogen and oxygen atoms in total. The summed E-state index contributed by atoms with van der Waals surface area (Å²) in [6.07, 6.45) is 2.11. The van der Waals surface area contributed by atoms with E-state index in [9.17, 15) is 9.59 Å². The van der Waals surface area contributed by atoms with Crippen LogP contribution in [0.5, 0.6) is 0 Å². The monoisotopic (exact) mass is 347 g/mol. The zero-order chi connectivity index (χ0) is 17.6. The molecule has 2 aliphatic rings. The van der Waals surface area contributed by atoms with Gasteiger partial charge in [-0.15, -0.1) is 0 Å². The van der Waals surface area contributed by atoms with Gasteiger partial charge in [0.25, 0.3) is 5.91 Å². The minimum atomic E-state index is -0.283. The summed E-state index contributed by atoms with van der Waals surface area (Å²) in [7, 11) is 0. The molecule has 2 aliphatic heterocycles. The quantitative estimate of drug-likeness (QED) is 0.870. The number of aryl methyl sites for hydroxylation is 1. The van der Waals surface area contributed by atoms with E-state index in [4.69, 9.17) is 9.47 Å². The fourth-order valence-electron chi connectivity index (χ4n) is 3.02. The van der Waals surface area contributed by atoms with E-state index in [2.05, 4.69) is 10.6 Å². The smallest absolute Gasteiger partial charge is 0.319 e. The molecule has 0 unspecified atom stereocenters. The van der Waals surface area contributed by atoms with Crippen LogP contribution in [0.1, 0.15) is 28.8 Å². The Morgan fingerprint density at radius 2 is 2.04 bits per heavy atom. The Morgan fingerprint density at radius 1 is 1.24 bits per heavy atom. The van der Waals surface area contributed by atoms with Gasteiger partial charge in [0.15, 0.2) is 0 Å². The Morgan fingerprint density at radius 3 is 2.76 bits per heavy atom. The fourth-order valence-corrected chi connectivity index (χ4v) is 3.02. The van der Waals surface area contributed by atoms with E-state index in [-0.39, 0.29) is 18.0 Å². The van der Waals surface area contributed by atoms with Crippen LogP contribution in [-0.2, 0) is 9.47 Å². The highest BCUT2D eigenvalue weighted by Crippen LogP contribution is 2.19. The van der Waals surface area contributed by atoms with Crippen molar-refractivity contribution in [3.05, 3.63) is 29.3 Å². The minimum absolute atomic E-state index is 0.0360. The number of amides is 3. The number of carbonyl (C=O) groups excluding carboxylic acids is 2. The van der Waals surface area contributed by atoms with Crippen LogP contribution in [0, 0.1) is 6.92 Å². The Bertz CT molecular complexity index is 623. The predicted octanol–water partition coefficient (Wildman–Crippen LogP) is 1.77. The molecule has 0 spiro atoms. The zero-order valence-electron chi connectivity index (χ0n) is 14.5. The van der Waals surface area contributed by atoms with Crippen molar-refractivity contribution in [3.8, 4) is 0 Å². The van der Waals surface area contributed by atoms with E-state index in [0.717, 1.165) is 25.0 Å². The van der Waals surface area contributed by atoms with Crippen LogP contribution in [-0.4, -0.2) is 62.4 Å². The van der Waals surface area contributed by atoms with E-state index >= 15 is 0 Å². The normalized spacial score (nSPS) is 20.4. The second-order valence-electron chi connectivity index (χ2n) is 6.40. The lowest BCUT2D eigenvalue weighted by molar-refractivity contribution is 0.0303. The Labute approximate surface area is 147 Å². The average molecular weight is 347 g/mol. The lowest BCUT2D eigenvalue weighted by Gasteiger charge is -2.27. The summed E-state index contributed by atoms with van der Waals surface area (Å²) < 4.78 is 10.8. The predicted molar refractivity (Wildman–Crippen MR) is 93.9 cm³/mol. The van der Waals surface area contributed by atoms with Gasteiger partial charge < -0.3 is 25.0 Å². The van der Waals surface area contributed by atoms with Gasteiger partial charge in [-0.3, -0.25) is 4.79 Å². The number of morpholine rings is 1. The van der Waals surface area contributed by atoms with Crippen LogP contribution in [0.15, 0.2) is 18.2 Å². The maximum atomic E-state index is 12.6. The van der Waals surface area contributed by atoms with Crippen LogP contribution in [0.4, 0.5) is 10.5 Å². The van der Waals surface area contributed by atoms with Crippen molar-refractivity contribution < 1.29 is 19.1 Å². The summed E-state index contributed by atoms with van der Waals surface area (Å²) in [5, 5.41) is 5.66. The lowest BCUT2D eigenvalue weighted by Crippen LogP contribution is -2.40. The molecular weight excluding hydrogens is 322 g/mol. The fraction of sp³-hybridized carbons (Fsp3) is 0.556. The number of anilines is 1. The Hall–Kier alpha value is -2.12. The molecule has 2 N–H and O–H groups in total. The van der Waals surface area contributed by atoms with E-state index in [1.54, 1.807) is 17.0 Å². The highest BCUT2D eigenvalue weighted by Gasteiger charge is 2.20. The zero-order valence-corrected chi connectivity index (χ0v) is 14.5. The highest BCUT2D eigenvalue weighted by atomic mass is 16.5. The van der Waals surface area contributed by atoms with Crippen molar-refractivity contribution >= 4 is 17.6 Å². The van der Waals surface area contributed by atoms with Gasteiger partial charge >= 0.3 is 6.03 Å². The summed E-state index contributed by atoms with van der Waals surface area (Å²) in [6.45, 7) is 5.48. The van der Waals surface area contributed by atoms with E-state index < -0.39 is 0 Å². The molecule has 0 aliphatic carbocycles. The summed E-state index contributed by atoms with van der Waals surface area (Å²) in [6, 6.07) is 5.10. The van der Waals surface area contributed by atoms with Crippen LogP contribution in [0.25, 0.3) is 0 Å². The van der Waals surface area contributed by atoms with Gasteiger partial charge in [0.05, 0.1) is 19.3 Å². The van der Waals surface area contributed by atoms with Gasteiger partial charge in [-0.2, -0.15) is 0 Å². The third-order valence-electron chi connectivity index (χ3n) is 4.55. The molecule has 1 aromatic rings. The van der Waals surface area contributed by atoms with Crippen LogP contribution in [0.3, 0.4) is 0 Å². The molecule has 0 saturated carbocycles. The number of hydrogen-bond donors (Lipinski definition) is 2. The van der Waals surface area contributed by atoms with Gasteiger partial charge in [-0.1, -0.05) is 6.07 Å². The van der Waals surface area contributed by atoms with Crippen molar-refractivity contribution in [2.75, 3.05) is 44.8 Å². The third-order valence-corrected chi connectivity index (χ3v) is 4.55. The SMILES string of the molecule is Cc1ccc(C(=O)N2CCOCC2)cc1NC(=O)NC[C@@H]1CCCO1. The molecule has 1 atom stereocenters. The standard InChI is InChI=1S/C18H25N3O4/c1-13-4-5-14(17(22)21-6-9-24-10-7-21)11-16(13)20-18(23)19-12-15-3-2-8-25-15/h4-5,11,15H,2-3,6-10,12H2,1H3,(H2,19,20,23)/t15-/m0/s1. The van der Waals surface area contributed by atoms with Crippen LogP contribution in [0.2, 0.25) is 0 Å². The molecule has 0 radical (unpaired) electrons. The molecule has 3 rings (SSSR count). The summed E-state index contributed by atoms with van der Waals surface area (Å²) in [4.78, 5) is 26.5. The lowest BCUT2D eigenvalue weighted by atomic mass is 10.1. The molecule has 1 aromatic carbocycles. The largest absolute Gasteiger partial charge is 0.378 e. The number of benzene rings is 1. The van der Waals surface area contributed by atoms with E-state index in [0.29, 0.717) is 44.1 Å². The first-order valence-electron chi connectivity index (χ1n) is 8.77. The molecule has 0 aromatic heterocycles. The Balaban J connectivity index is 1.60. The number of rotatable bonds is 4. The molecule has 0 bridgehead atoms. The van der Waals surface area contributed by atoms with Gasteiger partial charge in [-0.25, -0.2) is 4.79 Å². The first-order valence-corrected chi connectivity index (χ1v) is 8.77. The number of urea groups is 1. The molecular formula is C18H25N3O4. The molecule has 7 heteroatoms. The number of nitrogens with one attached hydrogen (secondary N) is 2. The van der Waals surface area contributed by atoms with Crippen LogP contribution >= 0.6 is 0 Å². The average Bonchev–Trinajstić information content (AvgIpc) is 3.15. The van der Waals surface area contributed by atoms with Crippen molar-refractivity contribution in [1.29, 1.82) is 0 Å². The topological polar surface area (TPSA) is 79.9 Å². The van der Waals surface area contributed by atoms with Crippen molar-refractivity contribution in [1.82, 2.24) is 10.2 Å². The molecule has 2 fully saturated rings. The second kappa shape index (κ2) is 8.31. The van der Waals surface area contributed by atoms with Gasteiger partial charge in [0.2, 0.25) is 0 Å². The molecule has 136 valence electrons. The maximum Gasteiger partial charge on any atom is 0.319 e. The minimum Gasteiger partial charge on any atom is -0.378 e. The number of nitrogens with zero attached hydrogens (tertiary/aromatic N) is 1. The number of ether oxygens (including phenoxy) is 2. The number of hydrogen-bond acceptors (Lipinski definition) is 4. The van der Waals surface area contributed by atoms with Crippen LogP contribution < -0.4 is 10.6 Å². The summed E-state index contributed by atoms with van der Waals surface area (Å²) in [5.74, 6) is -0.0360. The summed E-state index contributed by atoms with van der Waals surface area (Å²) in [5.41, 5.74) is 2.12. The molecule has 25 heavy (non-hydrogen) atoms. The van der Waals surface area contributed by atoms with Crippen molar-refractivity contribution in [3.63, 3.8) is 0 Å². The molecule has 3 amide bonds. The van der Waals surface area contributed by atoms with E-state index in [1.807, 2.05) is 13.0 Å². The van der Waals surface area contributed by atoms with Gasteiger partial charge in [0.1, 0.15) is 0 Å². The van der Waals surface area contributed by atoms with Gasteiger partial charge in [-0.05, 0) is 37.5 Å². The van der Waals surface area contributed by atoms with Crippen molar-refractivity contribution in [2.45, 2.75) is 25.9 Å². The molecule has 2 heterocycles. The Kier molecular flexibility index (Phi) is 5.88. The second-order valence-corrected chi connectivity index (χ2v) is 6.40. The first-order chi connectivity index (χ1) is 12.1. The maximum absolute atomic E-state index is 12.6. The summed E-state index contributed by atoms with van der Waals surface area (Å²) >= 11 is 0. The first kappa shape index (κ1) is 17.7. The number of carbonyl (C=O) groups is 2. The third kappa shape index (κ3) is 4.70. The molecule has 2 saturated heterocycles.